The van der Waals surface area contributed by atoms with Crippen LogP contribution < -0.4 is 5.32 Å². The lowest BCUT2D eigenvalue weighted by atomic mass is 10.2. The van der Waals surface area contributed by atoms with Crippen LogP contribution in [0.2, 0.25) is 5.02 Å². The van der Waals surface area contributed by atoms with Crippen molar-refractivity contribution < 1.29 is 0 Å². The van der Waals surface area contributed by atoms with Gasteiger partial charge in [0.25, 0.3) is 0 Å². The second-order valence-corrected chi connectivity index (χ2v) is 4.57. The fourth-order valence-electron chi connectivity index (χ4n) is 1.79. The van der Waals surface area contributed by atoms with Gasteiger partial charge in [-0.1, -0.05) is 17.7 Å². The Bertz CT molecular complexity index is 637. The van der Waals surface area contributed by atoms with Gasteiger partial charge < -0.3 is 5.32 Å². The fraction of sp³-hybridized carbons (Fsp3) is 0.231. The maximum absolute atomic E-state index is 9.15. The van der Waals surface area contributed by atoms with E-state index < -0.39 is 0 Å². The summed E-state index contributed by atoms with van der Waals surface area (Å²) in [6, 6.07) is 7.76. The zero-order chi connectivity index (χ0) is 13.3. The maximum Gasteiger partial charge on any atom is 0.146 e. The van der Waals surface area contributed by atoms with E-state index in [1.54, 1.807) is 11.7 Å². The maximum atomic E-state index is 9.15. The number of benzene rings is 1. The van der Waals surface area contributed by atoms with Crippen LogP contribution in [0, 0.1) is 25.2 Å². The van der Waals surface area contributed by atoms with Crippen LogP contribution in [0.4, 0.5) is 11.5 Å². The topological polar surface area (TPSA) is 53.6 Å². The van der Waals surface area contributed by atoms with Gasteiger partial charge in [-0.2, -0.15) is 10.4 Å². The zero-order valence-corrected chi connectivity index (χ0v) is 11.2. The standard InChI is InChI=1S/C13H13ClN4/c1-8-4-5-10(14)6-12(8)16-13-11(7-15)9(2)17-18(13)3/h4-6,16H,1-3H3. The number of halogens is 1. The molecule has 18 heavy (non-hydrogen) atoms. The molecule has 0 aliphatic rings. The minimum absolute atomic E-state index is 0.553. The van der Waals surface area contributed by atoms with Crippen molar-refractivity contribution in [1.82, 2.24) is 9.78 Å². The summed E-state index contributed by atoms with van der Waals surface area (Å²) in [4.78, 5) is 0. The third-order valence-corrected chi connectivity index (χ3v) is 3.02. The SMILES string of the molecule is Cc1ccc(Cl)cc1Nc1c(C#N)c(C)nn1C. The largest absolute Gasteiger partial charge is 0.339 e. The van der Waals surface area contributed by atoms with Gasteiger partial charge in [0.05, 0.1) is 5.69 Å². The molecule has 2 rings (SSSR count). The number of nitrogens with zero attached hydrogens (tertiary/aromatic N) is 3. The van der Waals surface area contributed by atoms with E-state index in [0.29, 0.717) is 22.1 Å². The lowest BCUT2D eigenvalue weighted by molar-refractivity contribution is 0.765. The summed E-state index contributed by atoms with van der Waals surface area (Å²) in [5, 5.41) is 17.2. The number of hydrogen-bond acceptors (Lipinski definition) is 3. The Morgan fingerprint density at radius 1 is 1.39 bits per heavy atom. The van der Waals surface area contributed by atoms with Gasteiger partial charge >= 0.3 is 0 Å². The molecular formula is C13H13ClN4. The Morgan fingerprint density at radius 2 is 2.11 bits per heavy atom. The van der Waals surface area contributed by atoms with E-state index in [1.165, 1.54) is 0 Å². The number of nitrogens with one attached hydrogen (secondary N) is 1. The Balaban J connectivity index is 2.46. The second-order valence-electron chi connectivity index (χ2n) is 4.13. The number of nitriles is 1. The van der Waals surface area contributed by atoms with Gasteiger partial charge in [0.15, 0.2) is 0 Å². The summed E-state index contributed by atoms with van der Waals surface area (Å²) in [7, 11) is 1.80. The second kappa shape index (κ2) is 4.71. The van der Waals surface area contributed by atoms with Gasteiger partial charge in [-0.15, -0.1) is 0 Å². The predicted molar refractivity (Wildman–Crippen MR) is 72.1 cm³/mol. The smallest absolute Gasteiger partial charge is 0.146 e. The van der Waals surface area contributed by atoms with Crippen LogP contribution in [-0.4, -0.2) is 9.78 Å². The molecule has 0 amide bonds. The van der Waals surface area contributed by atoms with Crippen LogP contribution in [0.1, 0.15) is 16.8 Å². The van der Waals surface area contributed by atoms with Crippen molar-refractivity contribution in [2.75, 3.05) is 5.32 Å². The van der Waals surface area contributed by atoms with Crippen LogP contribution in [0.15, 0.2) is 18.2 Å². The number of rotatable bonds is 2. The molecule has 0 saturated heterocycles. The number of aryl methyl sites for hydroxylation is 3. The molecule has 0 fully saturated rings. The Labute approximate surface area is 111 Å². The normalized spacial score (nSPS) is 10.2. The highest BCUT2D eigenvalue weighted by Gasteiger charge is 2.13. The minimum Gasteiger partial charge on any atom is -0.339 e. The summed E-state index contributed by atoms with van der Waals surface area (Å²) in [6.45, 7) is 3.79. The molecule has 0 radical (unpaired) electrons. The first-order chi connectivity index (χ1) is 8.52. The average Bonchev–Trinajstić information content (AvgIpc) is 2.58. The molecule has 0 bridgehead atoms. The number of anilines is 2. The molecule has 0 aliphatic heterocycles. The highest BCUT2D eigenvalue weighted by Crippen LogP contribution is 2.26. The van der Waals surface area contributed by atoms with Crippen molar-refractivity contribution in [1.29, 1.82) is 5.26 Å². The van der Waals surface area contributed by atoms with E-state index in [0.717, 1.165) is 11.3 Å². The van der Waals surface area contributed by atoms with Gasteiger partial charge in [-0.25, -0.2) is 0 Å². The predicted octanol–water partition coefficient (Wildman–Crippen LogP) is 3.31. The van der Waals surface area contributed by atoms with Crippen molar-refractivity contribution in [3.8, 4) is 6.07 Å². The van der Waals surface area contributed by atoms with E-state index in [2.05, 4.69) is 16.5 Å². The van der Waals surface area contributed by atoms with E-state index in [9.17, 15) is 0 Å². The summed E-state index contributed by atoms with van der Waals surface area (Å²) in [5.41, 5.74) is 3.20. The van der Waals surface area contributed by atoms with Gasteiger partial charge in [0, 0.05) is 17.8 Å². The van der Waals surface area contributed by atoms with Crippen molar-refractivity contribution >= 4 is 23.1 Å². The van der Waals surface area contributed by atoms with Crippen LogP contribution >= 0.6 is 11.6 Å². The molecule has 0 aliphatic carbocycles. The first-order valence-corrected chi connectivity index (χ1v) is 5.87. The average molecular weight is 261 g/mol. The highest BCUT2D eigenvalue weighted by molar-refractivity contribution is 6.30. The molecule has 5 heteroatoms. The molecule has 1 aromatic heterocycles. The zero-order valence-electron chi connectivity index (χ0n) is 10.5. The Kier molecular flexibility index (Phi) is 3.26. The Morgan fingerprint density at radius 3 is 2.78 bits per heavy atom. The van der Waals surface area contributed by atoms with Crippen LogP contribution in [-0.2, 0) is 7.05 Å². The number of aromatic nitrogens is 2. The van der Waals surface area contributed by atoms with E-state index in [-0.39, 0.29) is 0 Å². The quantitative estimate of drug-likeness (QED) is 0.901. The summed E-state index contributed by atoms with van der Waals surface area (Å²) in [6.07, 6.45) is 0. The van der Waals surface area contributed by atoms with Gasteiger partial charge in [0.1, 0.15) is 17.5 Å². The third-order valence-electron chi connectivity index (χ3n) is 2.79. The Hall–Kier alpha value is -1.99. The number of hydrogen-bond donors (Lipinski definition) is 1. The molecule has 92 valence electrons. The van der Waals surface area contributed by atoms with Crippen molar-refractivity contribution in [2.45, 2.75) is 13.8 Å². The first kappa shape index (κ1) is 12.5. The lowest BCUT2D eigenvalue weighted by Gasteiger charge is -2.10. The first-order valence-electron chi connectivity index (χ1n) is 5.50. The van der Waals surface area contributed by atoms with Crippen molar-refractivity contribution in [2.24, 2.45) is 7.05 Å². The van der Waals surface area contributed by atoms with Crippen molar-refractivity contribution in [3.63, 3.8) is 0 Å². The molecule has 0 spiro atoms. The van der Waals surface area contributed by atoms with E-state index >= 15 is 0 Å². The minimum atomic E-state index is 0.553. The molecule has 1 heterocycles. The fourth-order valence-corrected chi connectivity index (χ4v) is 1.96. The molecule has 0 unspecified atom stereocenters. The van der Waals surface area contributed by atoms with Crippen molar-refractivity contribution in [3.05, 3.63) is 40.0 Å². The molecule has 1 aromatic carbocycles. The molecule has 0 atom stereocenters. The monoisotopic (exact) mass is 260 g/mol. The van der Waals surface area contributed by atoms with Crippen LogP contribution in [0.5, 0.6) is 0 Å². The van der Waals surface area contributed by atoms with E-state index in [4.69, 9.17) is 16.9 Å². The summed E-state index contributed by atoms with van der Waals surface area (Å²) in [5.74, 6) is 0.681. The molecule has 1 N–H and O–H groups in total. The van der Waals surface area contributed by atoms with E-state index in [1.807, 2.05) is 32.0 Å². The summed E-state index contributed by atoms with van der Waals surface area (Å²) >= 11 is 5.97. The molecule has 2 aromatic rings. The lowest BCUT2D eigenvalue weighted by Crippen LogP contribution is -2.01. The third kappa shape index (κ3) is 2.18. The van der Waals surface area contributed by atoms with Crippen LogP contribution in [0.3, 0.4) is 0 Å². The molecular weight excluding hydrogens is 248 g/mol. The molecule has 0 saturated carbocycles. The molecule has 4 nitrogen and oxygen atoms in total. The van der Waals surface area contributed by atoms with Gasteiger partial charge in [-0.05, 0) is 31.5 Å². The summed E-state index contributed by atoms with van der Waals surface area (Å²) < 4.78 is 1.66. The highest BCUT2D eigenvalue weighted by atomic mass is 35.5. The van der Waals surface area contributed by atoms with Gasteiger partial charge in [-0.3, -0.25) is 4.68 Å². The van der Waals surface area contributed by atoms with Crippen LogP contribution in [0.25, 0.3) is 0 Å². The van der Waals surface area contributed by atoms with Gasteiger partial charge in [0.2, 0.25) is 0 Å².